The monoisotopic (exact) mass is 298 g/mol. The fraction of sp³-hybridized carbons (Fsp3) is 0.600. The minimum Gasteiger partial charge on any atom is -0.394 e. The van der Waals surface area contributed by atoms with Gasteiger partial charge < -0.3 is 20.1 Å². The van der Waals surface area contributed by atoms with Gasteiger partial charge in [0, 0.05) is 30.3 Å². The number of nitrogens with zero attached hydrogens (tertiary/aromatic N) is 1. The van der Waals surface area contributed by atoms with E-state index in [9.17, 15) is 5.11 Å². The minimum atomic E-state index is -0.276. The molecule has 1 aliphatic rings. The molecule has 0 spiro atoms. The van der Waals surface area contributed by atoms with E-state index in [1.54, 1.807) is 0 Å². The summed E-state index contributed by atoms with van der Waals surface area (Å²) in [5.41, 5.74) is 1.88. The van der Waals surface area contributed by atoms with Crippen molar-refractivity contribution in [1.82, 2.24) is 5.32 Å². The highest BCUT2D eigenvalue weighted by Gasteiger charge is 2.33. The van der Waals surface area contributed by atoms with Gasteiger partial charge in [0.25, 0.3) is 0 Å². The van der Waals surface area contributed by atoms with E-state index >= 15 is 0 Å². The summed E-state index contributed by atoms with van der Waals surface area (Å²) in [6, 6.07) is 6.11. The SMILES string of the molecule is CNCc1ccc(N2CC(CO)OC(C)(C)C2)cc1Cl. The highest BCUT2D eigenvalue weighted by Crippen LogP contribution is 2.29. The van der Waals surface area contributed by atoms with Crippen LogP contribution in [0.3, 0.4) is 0 Å². The Bertz CT molecular complexity index is 465. The lowest BCUT2D eigenvalue weighted by Crippen LogP contribution is -2.54. The fourth-order valence-electron chi connectivity index (χ4n) is 2.65. The largest absolute Gasteiger partial charge is 0.394 e. The van der Waals surface area contributed by atoms with Crippen LogP contribution in [-0.4, -0.2) is 43.6 Å². The average molecular weight is 299 g/mol. The maximum Gasteiger partial charge on any atom is 0.0988 e. The Morgan fingerprint density at radius 2 is 2.25 bits per heavy atom. The Balaban J connectivity index is 2.20. The number of aliphatic hydroxyl groups is 1. The number of anilines is 1. The molecule has 1 aromatic carbocycles. The molecule has 4 nitrogen and oxygen atoms in total. The predicted octanol–water partition coefficient (Wildman–Crippen LogP) is 2.04. The summed E-state index contributed by atoms with van der Waals surface area (Å²) in [4.78, 5) is 2.22. The highest BCUT2D eigenvalue weighted by atomic mass is 35.5. The first-order valence-corrected chi connectivity index (χ1v) is 7.29. The quantitative estimate of drug-likeness (QED) is 0.893. The van der Waals surface area contributed by atoms with E-state index in [1.165, 1.54) is 0 Å². The first-order chi connectivity index (χ1) is 9.45. The Kier molecular flexibility index (Phi) is 4.91. The van der Waals surface area contributed by atoms with Gasteiger partial charge in [-0.3, -0.25) is 0 Å². The van der Waals surface area contributed by atoms with Crippen molar-refractivity contribution in [2.24, 2.45) is 0 Å². The zero-order chi connectivity index (χ0) is 14.8. The molecule has 20 heavy (non-hydrogen) atoms. The standard InChI is InChI=1S/C15H23ClN2O2/c1-15(2)10-18(8-13(9-19)20-15)12-5-4-11(7-17-3)14(16)6-12/h4-6,13,17,19H,7-10H2,1-3H3. The minimum absolute atomic E-state index is 0.0332. The Hall–Kier alpha value is -0.810. The second kappa shape index (κ2) is 6.31. The van der Waals surface area contributed by atoms with Crippen LogP contribution in [0.25, 0.3) is 0 Å². The van der Waals surface area contributed by atoms with Crippen LogP contribution in [0, 0.1) is 0 Å². The molecule has 1 unspecified atom stereocenters. The maximum absolute atomic E-state index is 9.37. The molecule has 1 atom stereocenters. The summed E-state index contributed by atoms with van der Waals surface area (Å²) in [6.07, 6.45) is -0.158. The normalized spacial score (nSPS) is 22.1. The summed E-state index contributed by atoms with van der Waals surface area (Å²) < 4.78 is 5.83. The molecule has 1 aromatic rings. The molecule has 1 fully saturated rings. The molecule has 5 heteroatoms. The Morgan fingerprint density at radius 1 is 1.50 bits per heavy atom. The number of benzene rings is 1. The molecule has 2 N–H and O–H groups in total. The number of ether oxygens (including phenoxy) is 1. The molecule has 1 aliphatic heterocycles. The Labute approximate surface area is 125 Å². The molecular weight excluding hydrogens is 276 g/mol. The fourth-order valence-corrected chi connectivity index (χ4v) is 2.90. The van der Waals surface area contributed by atoms with E-state index in [2.05, 4.69) is 16.3 Å². The molecule has 0 saturated carbocycles. The molecule has 1 saturated heterocycles. The van der Waals surface area contributed by atoms with E-state index in [-0.39, 0.29) is 18.3 Å². The van der Waals surface area contributed by atoms with Crippen LogP contribution >= 0.6 is 11.6 Å². The molecular formula is C15H23ClN2O2. The van der Waals surface area contributed by atoms with Crippen LogP contribution in [0.2, 0.25) is 5.02 Å². The van der Waals surface area contributed by atoms with E-state index in [4.69, 9.17) is 16.3 Å². The van der Waals surface area contributed by atoms with Gasteiger partial charge in [-0.05, 0) is 38.6 Å². The lowest BCUT2D eigenvalue weighted by molar-refractivity contribution is -0.101. The molecule has 0 aromatic heterocycles. The van der Waals surface area contributed by atoms with Crippen LogP contribution < -0.4 is 10.2 Å². The van der Waals surface area contributed by atoms with Crippen molar-refractivity contribution < 1.29 is 9.84 Å². The molecule has 1 heterocycles. The predicted molar refractivity (Wildman–Crippen MR) is 82.5 cm³/mol. The smallest absolute Gasteiger partial charge is 0.0988 e. The first-order valence-electron chi connectivity index (χ1n) is 6.92. The van der Waals surface area contributed by atoms with Crippen molar-refractivity contribution in [2.45, 2.75) is 32.1 Å². The van der Waals surface area contributed by atoms with Gasteiger partial charge in [0.05, 0.1) is 18.3 Å². The third-order valence-electron chi connectivity index (χ3n) is 3.45. The summed E-state index contributed by atoms with van der Waals surface area (Å²) in [6.45, 7) is 6.34. The third kappa shape index (κ3) is 3.64. The molecule has 0 radical (unpaired) electrons. The van der Waals surface area contributed by atoms with Crippen LogP contribution in [0.15, 0.2) is 18.2 Å². The number of halogens is 1. The zero-order valence-corrected chi connectivity index (χ0v) is 13.1. The van der Waals surface area contributed by atoms with Gasteiger partial charge in [-0.1, -0.05) is 17.7 Å². The number of morpholine rings is 1. The van der Waals surface area contributed by atoms with Crippen molar-refractivity contribution in [3.63, 3.8) is 0 Å². The molecule has 0 aliphatic carbocycles. The van der Waals surface area contributed by atoms with Crippen LogP contribution in [0.4, 0.5) is 5.69 Å². The van der Waals surface area contributed by atoms with Crippen molar-refractivity contribution in [3.05, 3.63) is 28.8 Å². The summed E-state index contributed by atoms with van der Waals surface area (Å²) in [5, 5.41) is 13.2. The van der Waals surface area contributed by atoms with Gasteiger partial charge in [-0.25, -0.2) is 0 Å². The zero-order valence-electron chi connectivity index (χ0n) is 12.3. The van der Waals surface area contributed by atoms with Gasteiger partial charge >= 0.3 is 0 Å². The van der Waals surface area contributed by atoms with Gasteiger partial charge in [0.15, 0.2) is 0 Å². The van der Waals surface area contributed by atoms with Crippen molar-refractivity contribution >= 4 is 17.3 Å². The van der Waals surface area contributed by atoms with Crippen LogP contribution in [-0.2, 0) is 11.3 Å². The Morgan fingerprint density at radius 3 is 2.85 bits per heavy atom. The average Bonchev–Trinajstić information content (AvgIpc) is 2.39. The number of aliphatic hydroxyl groups excluding tert-OH is 1. The number of nitrogens with one attached hydrogen (secondary N) is 1. The highest BCUT2D eigenvalue weighted by molar-refractivity contribution is 6.31. The van der Waals surface area contributed by atoms with Crippen LogP contribution in [0.5, 0.6) is 0 Å². The third-order valence-corrected chi connectivity index (χ3v) is 3.81. The van der Waals surface area contributed by atoms with Crippen molar-refractivity contribution in [2.75, 3.05) is 31.6 Å². The van der Waals surface area contributed by atoms with Crippen LogP contribution in [0.1, 0.15) is 19.4 Å². The van der Waals surface area contributed by atoms with Gasteiger partial charge in [0.2, 0.25) is 0 Å². The van der Waals surface area contributed by atoms with Gasteiger partial charge in [-0.2, -0.15) is 0 Å². The molecule has 0 amide bonds. The lowest BCUT2D eigenvalue weighted by atomic mass is 10.0. The lowest BCUT2D eigenvalue weighted by Gasteiger charge is -2.43. The second-order valence-corrected chi connectivity index (χ2v) is 6.28. The van der Waals surface area contributed by atoms with E-state index in [0.717, 1.165) is 29.4 Å². The van der Waals surface area contributed by atoms with E-state index < -0.39 is 0 Å². The van der Waals surface area contributed by atoms with Crippen molar-refractivity contribution in [3.8, 4) is 0 Å². The summed E-state index contributed by atoms with van der Waals surface area (Å²) >= 11 is 6.32. The second-order valence-electron chi connectivity index (χ2n) is 5.87. The number of rotatable bonds is 4. The van der Waals surface area contributed by atoms with Gasteiger partial charge in [0.1, 0.15) is 0 Å². The number of hydrogen-bond acceptors (Lipinski definition) is 4. The number of hydrogen-bond donors (Lipinski definition) is 2. The summed E-state index contributed by atoms with van der Waals surface area (Å²) in [7, 11) is 1.90. The topological polar surface area (TPSA) is 44.7 Å². The molecule has 112 valence electrons. The molecule has 2 rings (SSSR count). The summed E-state index contributed by atoms with van der Waals surface area (Å²) in [5.74, 6) is 0. The molecule has 0 bridgehead atoms. The maximum atomic E-state index is 9.37. The first kappa shape index (κ1) is 15.6. The van der Waals surface area contributed by atoms with Crippen molar-refractivity contribution in [1.29, 1.82) is 0 Å². The van der Waals surface area contributed by atoms with Gasteiger partial charge in [-0.15, -0.1) is 0 Å². The van der Waals surface area contributed by atoms with E-state index in [0.29, 0.717) is 6.54 Å². The van der Waals surface area contributed by atoms with E-state index in [1.807, 2.05) is 33.0 Å².